The van der Waals surface area contributed by atoms with Crippen molar-refractivity contribution in [1.82, 2.24) is 4.90 Å². The molecule has 0 aromatic rings. The molecule has 1 rings (SSSR count). The SMILES string of the molecule is CC1(C)CN(CC(O)COCC(F)(F)F)CCCO1. The Balaban J connectivity index is 2.28. The van der Waals surface area contributed by atoms with Gasteiger partial charge in [0.2, 0.25) is 0 Å². The Morgan fingerprint density at radius 2 is 2.11 bits per heavy atom. The summed E-state index contributed by atoms with van der Waals surface area (Å²) >= 11 is 0. The van der Waals surface area contributed by atoms with Crippen molar-refractivity contribution in [3.05, 3.63) is 0 Å². The van der Waals surface area contributed by atoms with E-state index < -0.39 is 18.9 Å². The third-order valence-electron chi connectivity index (χ3n) is 2.76. The maximum absolute atomic E-state index is 11.9. The van der Waals surface area contributed by atoms with Crippen molar-refractivity contribution in [3.8, 4) is 0 Å². The Bertz CT molecular complexity index is 271. The fourth-order valence-corrected chi connectivity index (χ4v) is 2.12. The van der Waals surface area contributed by atoms with E-state index in [1.54, 1.807) is 0 Å². The zero-order valence-corrected chi connectivity index (χ0v) is 11.4. The Morgan fingerprint density at radius 1 is 1.42 bits per heavy atom. The highest BCUT2D eigenvalue weighted by molar-refractivity contribution is 4.79. The first-order chi connectivity index (χ1) is 8.68. The number of aliphatic hydroxyl groups excluding tert-OH is 1. The summed E-state index contributed by atoms with van der Waals surface area (Å²) in [6.07, 6.45) is -4.42. The van der Waals surface area contributed by atoms with Gasteiger partial charge in [-0.2, -0.15) is 13.2 Å². The summed E-state index contributed by atoms with van der Waals surface area (Å²) < 4.78 is 45.7. The number of ether oxygens (including phenoxy) is 2. The van der Waals surface area contributed by atoms with Crippen LogP contribution in [0.2, 0.25) is 0 Å². The van der Waals surface area contributed by atoms with E-state index in [4.69, 9.17) is 4.74 Å². The lowest BCUT2D eigenvalue weighted by Crippen LogP contribution is -2.43. The van der Waals surface area contributed by atoms with Crippen molar-refractivity contribution in [2.75, 3.05) is 39.5 Å². The molecule has 0 aliphatic carbocycles. The van der Waals surface area contributed by atoms with Gasteiger partial charge in [0.25, 0.3) is 0 Å². The van der Waals surface area contributed by atoms with Crippen molar-refractivity contribution in [2.45, 2.75) is 38.1 Å². The van der Waals surface area contributed by atoms with Crippen LogP contribution < -0.4 is 0 Å². The summed E-state index contributed by atoms with van der Waals surface area (Å²) in [5.74, 6) is 0. The first kappa shape index (κ1) is 16.7. The lowest BCUT2D eigenvalue weighted by atomic mass is 10.1. The zero-order chi connectivity index (χ0) is 14.5. The molecule has 1 fully saturated rings. The quantitative estimate of drug-likeness (QED) is 0.829. The first-order valence-corrected chi connectivity index (χ1v) is 6.37. The predicted octanol–water partition coefficient (Wildman–Crippen LogP) is 1.43. The van der Waals surface area contributed by atoms with Crippen LogP contribution in [-0.2, 0) is 9.47 Å². The molecule has 19 heavy (non-hydrogen) atoms. The fraction of sp³-hybridized carbons (Fsp3) is 1.00. The highest BCUT2D eigenvalue weighted by atomic mass is 19.4. The molecule has 0 aromatic heterocycles. The maximum Gasteiger partial charge on any atom is 0.411 e. The van der Waals surface area contributed by atoms with Crippen molar-refractivity contribution in [3.63, 3.8) is 0 Å². The number of aliphatic hydroxyl groups is 1. The van der Waals surface area contributed by atoms with Crippen LogP contribution in [0, 0.1) is 0 Å². The molecule has 0 spiro atoms. The maximum atomic E-state index is 11.9. The molecule has 0 aromatic carbocycles. The molecule has 1 atom stereocenters. The number of hydrogen-bond acceptors (Lipinski definition) is 4. The summed E-state index contributed by atoms with van der Waals surface area (Å²) in [5.41, 5.74) is -0.303. The highest BCUT2D eigenvalue weighted by Crippen LogP contribution is 2.17. The number of β-amino-alcohol motifs (C(OH)–C–C–N with tert-alkyl or cyclic N) is 1. The second kappa shape index (κ2) is 6.88. The van der Waals surface area contributed by atoms with Crippen LogP contribution in [0.5, 0.6) is 0 Å². The van der Waals surface area contributed by atoms with E-state index in [0.717, 1.165) is 13.0 Å². The van der Waals surface area contributed by atoms with Gasteiger partial charge < -0.3 is 14.6 Å². The zero-order valence-electron chi connectivity index (χ0n) is 11.4. The number of nitrogens with zero attached hydrogens (tertiary/aromatic N) is 1. The number of alkyl halides is 3. The molecule has 1 unspecified atom stereocenters. The van der Waals surface area contributed by atoms with Crippen LogP contribution in [0.15, 0.2) is 0 Å². The lowest BCUT2D eigenvalue weighted by Gasteiger charge is -2.30. The molecular formula is C12H22F3NO3. The van der Waals surface area contributed by atoms with Gasteiger partial charge in [-0.3, -0.25) is 4.90 Å². The third kappa shape index (κ3) is 7.71. The fourth-order valence-electron chi connectivity index (χ4n) is 2.12. The first-order valence-electron chi connectivity index (χ1n) is 6.37. The summed E-state index contributed by atoms with van der Waals surface area (Å²) in [7, 11) is 0. The van der Waals surface area contributed by atoms with Crippen LogP contribution in [0.4, 0.5) is 13.2 Å². The van der Waals surface area contributed by atoms with E-state index in [2.05, 4.69) is 4.74 Å². The molecule has 1 saturated heterocycles. The molecule has 0 saturated carbocycles. The van der Waals surface area contributed by atoms with Crippen molar-refractivity contribution in [2.24, 2.45) is 0 Å². The van der Waals surface area contributed by atoms with Crippen molar-refractivity contribution < 1.29 is 27.8 Å². The van der Waals surface area contributed by atoms with Gasteiger partial charge in [-0.05, 0) is 20.3 Å². The van der Waals surface area contributed by atoms with E-state index in [9.17, 15) is 18.3 Å². The molecule has 0 bridgehead atoms. The second-order valence-electron chi connectivity index (χ2n) is 5.48. The van der Waals surface area contributed by atoms with Gasteiger partial charge in [-0.25, -0.2) is 0 Å². The minimum atomic E-state index is -4.35. The minimum Gasteiger partial charge on any atom is -0.389 e. The predicted molar refractivity (Wildman–Crippen MR) is 64.0 cm³/mol. The van der Waals surface area contributed by atoms with Crippen molar-refractivity contribution >= 4 is 0 Å². The topological polar surface area (TPSA) is 41.9 Å². The van der Waals surface area contributed by atoms with Gasteiger partial charge in [0.05, 0.1) is 18.3 Å². The molecule has 1 N–H and O–H groups in total. The van der Waals surface area contributed by atoms with Crippen LogP contribution in [0.1, 0.15) is 20.3 Å². The van der Waals surface area contributed by atoms with E-state index in [1.165, 1.54) is 0 Å². The lowest BCUT2D eigenvalue weighted by molar-refractivity contribution is -0.179. The molecule has 114 valence electrons. The average molecular weight is 285 g/mol. The minimum absolute atomic E-state index is 0.296. The molecule has 7 heteroatoms. The molecule has 1 aliphatic heterocycles. The third-order valence-corrected chi connectivity index (χ3v) is 2.76. The smallest absolute Gasteiger partial charge is 0.389 e. The number of hydrogen-bond donors (Lipinski definition) is 1. The molecular weight excluding hydrogens is 263 g/mol. The van der Waals surface area contributed by atoms with Gasteiger partial charge in [-0.15, -0.1) is 0 Å². The van der Waals surface area contributed by atoms with Gasteiger partial charge in [0.15, 0.2) is 0 Å². The normalized spacial score (nSPS) is 23.1. The largest absolute Gasteiger partial charge is 0.411 e. The Kier molecular flexibility index (Phi) is 6.04. The molecule has 4 nitrogen and oxygen atoms in total. The summed E-state index contributed by atoms with van der Waals surface area (Å²) in [6.45, 7) is 4.64. The number of rotatable bonds is 5. The van der Waals surface area contributed by atoms with E-state index in [0.29, 0.717) is 19.7 Å². The van der Waals surface area contributed by atoms with Crippen LogP contribution in [-0.4, -0.2) is 67.3 Å². The molecule has 1 aliphatic rings. The van der Waals surface area contributed by atoms with Crippen molar-refractivity contribution in [1.29, 1.82) is 0 Å². The highest BCUT2D eigenvalue weighted by Gasteiger charge is 2.29. The van der Waals surface area contributed by atoms with E-state index in [-0.39, 0.29) is 12.2 Å². The molecule has 0 radical (unpaired) electrons. The second-order valence-corrected chi connectivity index (χ2v) is 5.48. The monoisotopic (exact) mass is 285 g/mol. The Hall–Kier alpha value is -0.370. The van der Waals surface area contributed by atoms with Gasteiger partial charge in [-0.1, -0.05) is 0 Å². The Morgan fingerprint density at radius 3 is 2.74 bits per heavy atom. The molecule has 0 amide bonds. The van der Waals surface area contributed by atoms with Gasteiger partial charge in [0.1, 0.15) is 6.61 Å². The standard InChI is InChI=1S/C12H22F3NO3/c1-11(2)8-16(4-3-5-19-11)6-10(17)7-18-9-12(13,14)15/h10,17H,3-9H2,1-2H3. The summed E-state index contributed by atoms with van der Waals surface area (Å²) in [5, 5.41) is 9.69. The Labute approximate surface area is 111 Å². The van der Waals surface area contributed by atoms with Gasteiger partial charge >= 0.3 is 6.18 Å². The van der Waals surface area contributed by atoms with E-state index >= 15 is 0 Å². The molecule has 1 heterocycles. The van der Waals surface area contributed by atoms with E-state index in [1.807, 2.05) is 18.7 Å². The van der Waals surface area contributed by atoms with Crippen LogP contribution in [0.25, 0.3) is 0 Å². The summed E-state index contributed by atoms with van der Waals surface area (Å²) in [6, 6.07) is 0. The number of halogens is 3. The summed E-state index contributed by atoms with van der Waals surface area (Å²) in [4.78, 5) is 1.99. The van der Waals surface area contributed by atoms with Crippen LogP contribution in [0.3, 0.4) is 0 Å². The average Bonchev–Trinajstić information content (AvgIpc) is 2.37. The van der Waals surface area contributed by atoms with Crippen LogP contribution >= 0.6 is 0 Å². The van der Waals surface area contributed by atoms with Gasteiger partial charge in [0, 0.05) is 26.2 Å².